The van der Waals surface area contributed by atoms with E-state index in [1.54, 1.807) is 11.8 Å². The van der Waals surface area contributed by atoms with Gasteiger partial charge in [-0.2, -0.15) is 11.8 Å². The molecule has 0 aliphatic carbocycles. The van der Waals surface area contributed by atoms with Gasteiger partial charge in [0.25, 0.3) is 5.91 Å². The van der Waals surface area contributed by atoms with E-state index in [9.17, 15) is 9.59 Å². The van der Waals surface area contributed by atoms with Gasteiger partial charge in [-0.25, -0.2) is 0 Å². The van der Waals surface area contributed by atoms with Gasteiger partial charge >= 0.3 is 0 Å². The molecule has 1 aromatic heterocycles. The molecule has 4 nitrogen and oxygen atoms in total. The van der Waals surface area contributed by atoms with Crippen molar-refractivity contribution in [3.8, 4) is 0 Å². The van der Waals surface area contributed by atoms with E-state index in [0.717, 1.165) is 21.3 Å². The SMILES string of the molecule is CCSCCC(=O)N1CCN(C(=O)c2ccc(C)s2)CC1. The quantitative estimate of drug-likeness (QED) is 0.781. The monoisotopic (exact) mass is 326 g/mol. The molecule has 0 atom stereocenters. The van der Waals surface area contributed by atoms with E-state index in [1.165, 1.54) is 11.3 Å². The molecule has 116 valence electrons. The zero-order valence-electron chi connectivity index (χ0n) is 12.6. The number of nitrogens with zero attached hydrogens (tertiary/aromatic N) is 2. The maximum atomic E-state index is 12.3. The second-order valence-electron chi connectivity index (χ2n) is 5.03. The number of carbonyl (C=O) groups excluding carboxylic acids is 2. The number of thioether (sulfide) groups is 1. The number of thiophene rings is 1. The summed E-state index contributed by atoms with van der Waals surface area (Å²) in [6.07, 6.45) is 0.608. The third-order valence-corrected chi connectivity index (χ3v) is 5.42. The summed E-state index contributed by atoms with van der Waals surface area (Å²) in [6, 6.07) is 3.87. The summed E-state index contributed by atoms with van der Waals surface area (Å²) in [5, 5.41) is 0. The van der Waals surface area contributed by atoms with Crippen LogP contribution >= 0.6 is 23.1 Å². The predicted molar refractivity (Wildman–Crippen MR) is 89.2 cm³/mol. The van der Waals surface area contributed by atoms with Crippen molar-refractivity contribution in [2.24, 2.45) is 0 Å². The highest BCUT2D eigenvalue weighted by atomic mass is 32.2. The van der Waals surface area contributed by atoms with E-state index < -0.39 is 0 Å². The fourth-order valence-corrected chi connectivity index (χ4v) is 3.77. The van der Waals surface area contributed by atoms with Gasteiger partial charge in [-0.05, 0) is 24.8 Å². The summed E-state index contributed by atoms with van der Waals surface area (Å²) < 4.78 is 0. The third kappa shape index (κ3) is 4.48. The first-order valence-corrected chi connectivity index (χ1v) is 9.30. The Morgan fingerprint density at radius 1 is 1.19 bits per heavy atom. The largest absolute Gasteiger partial charge is 0.339 e. The zero-order chi connectivity index (χ0) is 15.2. The molecule has 0 radical (unpaired) electrons. The molecule has 6 heteroatoms. The molecule has 1 aliphatic rings. The minimum absolute atomic E-state index is 0.0988. The standard InChI is InChI=1S/C15H22N2O2S2/c1-3-20-11-6-14(18)16-7-9-17(10-8-16)15(19)13-5-4-12(2)21-13/h4-5H,3,6-11H2,1-2H3. The van der Waals surface area contributed by atoms with E-state index in [1.807, 2.05) is 28.9 Å². The van der Waals surface area contributed by atoms with Crippen LogP contribution in [-0.2, 0) is 4.79 Å². The van der Waals surface area contributed by atoms with Gasteiger partial charge in [0.15, 0.2) is 0 Å². The van der Waals surface area contributed by atoms with Crippen LogP contribution in [0.4, 0.5) is 0 Å². The van der Waals surface area contributed by atoms with Crippen molar-refractivity contribution < 1.29 is 9.59 Å². The average molecular weight is 326 g/mol. The van der Waals surface area contributed by atoms with Crippen LogP contribution in [-0.4, -0.2) is 59.3 Å². The van der Waals surface area contributed by atoms with Crippen molar-refractivity contribution in [3.63, 3.8) is 0 Å². The van der Waals surface area contributed by atoms with Crippen molar-refractivity contribution in [2.75, 3.05) is 37.7 Å². The van der Waals surface area contributed by atoms with Crippen molar-refractivity contribution in [1.29, 1.82) is 0 Å². The van der Waals surface area contributed by atoms with Crippen LogP contribution in [0.3, 0.4) is 0 Å². The molecule has 2 amide bonds. The minimum atomic E-state index is 0.0988. The molecule has 1 aromatic rings. The summed E-state index contributed by atoms with van der Waals surface area (Å²) in [5.74, 6) is 2.26. The van der Waals surface area contributed by atoms with E-state index in [0.29, 0.717) is 32.6 Å². The van der Waals surface area contributed by atoms with Gasteiger partial charge in [-0.1, -0.05) is 6.92 Å². The first-order valence-electron chi connectivity index (χ1n) is 7.33. The fourth-order valence-electron chi connectivity index (χ4n) is 2.33. The normalized spacial score (nSPS) is 15.3. The molecule has 0 bridgehead atoms. The van der Waals surface area contributed by atoms with Gasteiger partial charge in [0.1, 0.15) is 0 Å². The maximum Gasteiger partial charge on any atom is 0.264 e. The van der Waals surface area contributed by atoms with Gasteiger partial charge in [0.2, 0.25) is 5.91 Å². The fraction of sp³-hybridized carbons (Fsp3) is 0.600. The lowest BCUT2D eigenvalue weighted by Crippen LogP contribution is -2.50. The molecule has 0 unspecified atom stereocenters. The number of aryl methyl sites for hydroxylation is 1. The first kappa shape index (κ1) is 16.4. The van der Waals surface area contributed by atoms with E-state index >= 15 is 0 Å². The van der Waals surface area contributed by atoms with Crippen molar-refractivity contribution >= 4 is 34.9 Å². The van der Waals surface area contributed by atoms with Crippen molar-refractivity contribution in [1.82, 2.24) is 9.80 Å². The Bertz CT molecular complexity index is 494. The Balaban J connectivity index is 1.80. The number of rotatable bonds is 5. The lowest BCUT2D eigenvalue weighted by atomic mass is 10.2. The molecule has 0 spiro atoms. The highest BCUT2D eigenvalue weighted by Crippen LogP contribution is 2.18. The number of carbonyl (C=O) groups is 2. The van der Waals surface area contributed by atoms with Crippen molar-refractivity contribution in [2.45, 2.75) is 20.3 Å². The van der Waals surface area contributed by atoms with Gasteiger partial charge in [-0.15, -0.1) is 11.3 Å². The second-order valence-corrected chi connectivity index (χ2v) is 7.71. The number of hydrogen-bond donors (Lipinski definition) is 0. The molecule has 1 saturated heterocycles. The molecule has 0 saturated carbocycles. The van der Waals surface area contributed by atoms with Gasteiger partial charge < -0.3 is 9.80 Å². The molecular weight excluding hydrogens is 304 g/mol. The van der Waals surface area contributed by atoms with Gasteiger partial charge in [-0.3, -0.25) is 9.59 Å². The van der Waals surface area contributed by atoms with Crippen LogP contribution in [0.5, 0.6) is 0 Å². The zero-order valence-corrected chi connectivity index (χ0v) is 14.3. The topological polar surface area (TPSA) is 40.6 Å². The third-order valence-electron chi connectivity index (χ3n) is 3.54. The van der Waals surface area contributed by atoms with Crippen molar-refractivity contribution in [3.05, 3.63) is 21.9 Å². The molecule has 21 heavy (non-hydrogen) atoms. The van der Waals surface area contributed by atoms with Crippen LogP contribution in [0.1, 0.15) is 27.9 Å². The molecule has 0 aromatic carbocycles. The molecule has 2 rings (SSSR count). The van der Waals surface area contributed by atoms with Gasteiger partial charge in [0.05, 0.1) is 4.88 Å². The summed E-state index contributed by atoms with van der Waals surface area (Å²) in [7, 11) is 0. The van der Waals surface area contributed by atoms with Crippen LogP contribution < -0.4 is 0 Å². The molecule has 1 fully saturated rings. The predicted octanol–water partition coefficient (Wildman–Crippen LogP) is 2.48. The molecule has 0 N–H and O–H groups in total. The molecule has 2 heterocycles. The van der Waals surface area contributed by atoms with Crippen LogP contribution in [0.15, 0.2) is 12.1 Å². The lowest BCUT2D eigenvalue weighted by molar-refractivity contribution is -0.132. The lowest BCUT2D eigenvalue weighted by Gasteiger charge is -2.34. The Morgan fingerprint density at radius 3 is 2.43 bits per heavy atom. The van der Waals surface area contributed by atoms with Crippen LogP contribution in [0.2, 0.25) is 0 Å². The molecule has 1 aliphatic heterocycles. The smallest absolute Gasteiger partial charge is 0.264 e. The molecular formula is C15H22N2O2S2. The summed E-state index contributed by atoms with van der Waals surface area (Å²) in [6.45, 7) is 6.71. The first-order chi connectivity index (χ1) is 10.1. The van der Waals surface area contributed by atoms with Crippen LogP contribution in [0.25, 0.3) is 0 Å². The minimum Gasteiger partial charge on any atom is -0.339 e. The van der Waals surface area contributed by atoms with Gasteiger partial charge in [0, 0.05) is 43.2 Å². The summed E-state index contributed by atoms with van der Waals surface area (Å²) >= 11 is 3.33. The van der Waals surface area contributed by atoms with E-state index in [2.05, 4.69) is 6.92 Å². The Morgan fingerprint density at radius 2 is 1.86 bits per heavy atom. The highest BCUT2D eigenvalue weighted by Gasteiger charge is 2.25. The van der Waals surface area contributed by atoms with Crippen LogP contribution in [0, 0.1) is 6.92 Å². The Hall–Kier alpha value is -1.01. The Labute approximate surface area is 134 Å². The highest BCUT2D eigenvalue weighted by molar-refractivity contribution is 7.99. The van der Waals surface area contributed by atoms with E-state index in [-0.39, 0.29) is 11.8 Å². The second kappa shape index (κ2) is 7.84. The number of hydrogen-bond acceptors (Lipinski definition) is 4. The number of amides is 2. The Kier molecular flexibility index (Phi) is 6.11. The maximum absolute atomic E-state index is 12.3. The average Bonchev–Trinajstić information content (AvgIpc) is 2.93. The number of piperazine rings is 1. The van der Waals surface area contributed by atoms with E-state index in [4.69, 9.17) is 0 Å². The summed E-state index contributed by atoms with van der Waals surface area (Å²) in [4.78, 5) is 30.1. The summed E-state index contributed by atoms with van der Waals surface area (Å²) in [5.41, 5.74) is 0.